The topological polar surface area (TPSA) is 48.1 Å². The summed E-state index contributed by atoms with van der Waals surface area (Å²) in [5, 5.41) is 1.47. The standard InChI is InChI=1S/C11H10BrClN2OS/c1-16-8-3-2-6(4-7(8)13)10-11(12)15-9(5-14)17-10/h2-4H,5,14H2,1H3. The van der Waals surface area contributed by atoms with E-state index >= 15 is 0 Å². The van der Waals surface area contributed by atoms with Gasteiger partial charge < -0.3 is 10.5 Å². The molecule has 0 aliphatic carbocycles. The summed E-state index contributed by atoms with van der Waals surface area (Å²) in [7, 11) is 1.59. The Balaban J connectivity index is 2.45. The number of nitrogens with zero attached hydrogens (tertiary/aromatic N) is 1. The van der Waals surface area contributed by atoms with Gasteiger partial charge in [0.25, 0.3) is 0 Å². The minimum atomic E-state index is 0.438. The summed E-state index contributed by atoms with van der Waals surface area (Å²) in [4.78, 5) is 5.34. The predicted molar refractivity (Wildman–Crippen MR) is 74.7 cm³/mol. The highest BCUT2D eigenvalue weighted by Gasteiger charge is 2.11. The SMILES string of the molecule is COc1ccc(-c2sc(CN)nc2Br)cc1Cl. The molecule has 0 bridgehead atoms. The van der Waals surface area contributed by atoms with E-state index < -0.39 is 0 Å². The Hall–Kier alpha value is -0.620. The van der Waals surface area contributed by atoms with Gasteiger partial charge in [-0.15, -0.1) is 11.3 Å². The van der Waals surface area contributed by atoms with E-state index in [0.29, 0.717) is 17.3 Å². The van der Waals surface area contributed by atoms with Gasteiger partial charge in [-0.05, 0) is 39.7 Å². The number of benzene rings is 1. The second-order valence-corrected chi connectivity index (χ2v) is 5.52. The average Bonchev–Trinajstić information content (AvgIpc) is 2.70. The number of methoxy groups -OCH3 is 1. The highest BCUT2D eigenvalue weighted by molar-refractivity contribution is 9.10. The van der Waals surface area contributed by atoms with Crippen LogP contribution in [0.25, 0.3) is 10.4 Å². The summed E-state index contributed by atoms with van der Waals surface area (Å²) < 4.78 is 5.91. The number of ether oxygens (including phenoxy) is 1. The van der Waals surface area contributed by atoms with Crippen LogP contribution in [0.1, 0.15) is 5.01 Å². The second kappa shape index (κ2) is 5.35. The van der Waals surface area contributed by atoms with Gasteiger partial charge in [0.15, 0.2) is 0 Å². The number of nitrogens with two attached hydrogens (primary N) is 1. The highest BCUT2D eigenvalue weighted by Crippen LogP contribution is 2.37. The minimum Gasteiger partial charge on any atom is -0.495 e. The van der Waals surface area contributed by atoms with Gasteiger partial charge in [-0.25, -0.2) is 4.98 Å². The first-order valence-electron chi connectivity index (χ1n) is 4.85. The first-order chi connectivity index (χ1) is 8.15. The van der Waals surface area contributed by atoms with E-state index in [-0.39, 0.29) is 0 Å². The van der Waals surface area contributed by atoms with Crippen LogP contribution in [-0.2, 0) is 6.54 Å². The second-order valence-electron chi connectivity index (χ2n) is 3.28. The molecule has 0 fully saturated rings. The number of thiazole rings is 1. The molecule has 6 heteroatoms. The molecule has 0 saturated heterocycles. The van der Waals surface area contributed by atoms with Gasteiger partial charge in [0, 0.05) is 6.54 Å². The smallest absolute Gasteiger partial charge is 0.137 e. The third-order valence-electron chi connectivity index (χ3n) is 2.22. The van der Waals surface area contributed by atoms with Crippen LogP contribution >= 0.6 is 38.9 Å². The van der Waals surface area contributed by atoms with Gasteiger partial charge in [-0.1, -0.05) is 11.6 Å². The van der Waals surface area contributed by atoms with Crippen molar-refractivity contribution in [3.63, 3.8) is 0 Å². The van der Waals surface area contributed by atoms with Crippen LogP contribution in [0.15, 0.2) is 22.8 Å². The Morgan fingerprint density at radius 1 is 1.53 bits per heavy atom. The lowest BCUT2D eigenvalue weighted by atomic mass is 10.2. The van der Waals surface area contributed by atoms with Gasteiger partial charge >= 0.3 is 0 Å². The summed E-state index contributed by atoms with van der Waals surface area (Å²) in [5.41, 5.74) is 6.57. The van der Waals surface area contributed by atoms with Crippen molar-refractivity contribution in [2.45, 2.75) is 6.54 Å². The maximum Gasteiger partial charge on any atom is 0.137 e. The van der Waals surface area contributed by atoms with E-state index in [2.05, 4.69) is 20.9 Å². The Morgan fingerprint density at radius 3 is 2.82 bits per heavy atom. The molecule has 0 radical (unpaired) electrons. The van der Waals surface area contributed by atoms with E-state index in [1.54, 1.807) is 18.4 Å². The van der Waals surface area contributed by atoms with E-state index in [9.17, 15) is 0 Å². The molecule has 0 saturated carbocycles. The lowest BCUT2D eigenvalue weighted by Crippen LogP contribution is -1.93. The van der Waals surface area contributed by atoms with E-state index in [4.69, 9.17) is 22.1 Å². The molecule has 2 N–H and O–H groups in total. The molecule has 1 heterocycles. The zero-order chi connectivity index (χ0) is 12.4. The monoisotopic (exact) mass is 332 g/mol. The Kier molecular flexibility index (Phi) is 4.04. The molecule has 1 aromatic carbocycles. The molecule has 2 rings (SSSR count). The molecule has 1 aromatic heterocycles. The number of halogens is 2. The van der Waals surface area contributed by atoms with E-state index in [0.717, 1.165) is 20.1 Å². The molecule has 17 heavy (non-hydrogen) atoms. The molecule has 0 unspecified atom stereocenters. The van der Waals surface area contributed by atoms with Crippen LogP contribution in [0.3, 0.4) is 0 Å². The largest absolute Gasteiger partial charge is 0.495 e. The van der Waals surface area contributed by atoms with Crippen molar-refractivity contribution in [3.05, 3.63) is 32.8 Å². The third kappa shape index (κ3) is 2.63. The predicted octanol–water partition coefficient (Wildman–Crippen LogP) is 3.69. The van der Waals surface area contributed by atoms with Crippen molar-refractivity contribution >= 4 is 38.9 Å². The summed E-state index contributed by atoms with van der Waals surface area (Å²) in [6, 6.07) is 5.65. The quantitative estimate of drug-likeness (QED) is 0.932. The van der Waals surface area contributed by atoms with Gasteiger partial charge in [0.05, 0.1) is 17.0 Å². The van der Waals surface area contributed by atoms with Crippen LogP contribution in [0, 0.1) is 0 Å². The fourth-order valence-electron chi connectivity index (χ4n) is 1.42. The van der Waals surface area contributed by atoms with Crippen molar-refractivity contribution in [3.8, 4) is 16.2 Å². The van der Waals surface area contributed by atoms with Crippen LogP contribution < -0.4 is 10.5 Å². The summed E-state index contributed by atoms with van der Waals surface area (Å²) >= 11 is 11.1. The van der Waals surface area contributed by atoms with Crippen LogP contribution in [-0.4, -0.2) is 12.1 Å². The summed E-state index contributed by atoms with van der Waals surface area (Å²) in [6.07, 6.45) is 0. The molecular weight excluding hydrogens is 324 g/mol. The molecule has 2 aromatic rings. The normalized spacial score (nSPS) is 10.6. The van der Waals surface area contributed by atoms with Gasteiger partial charge in [-0.2, -0.15) is 0 Å². The first-order valence-corrected chi connectivity index (χ1v) is 6.83. The number of hydrogen-bond acceptors (Lipinski definition) is 4. The van der Waals surface area contributed by atoms with Crippen molar-refractivity contribution in [2.75, 3.05) is 7.11 Å². The van der Waals surface area contributed by atoms with Gasteiger partial charge in [-0.3, -0.25) is 0 Å². The number of rotatable bonds is 3. The summed E-state index contributed by atoms with van der Waals surface area (Å²) in [5.74, 6) is 0.662. The van der Waals surface area contributed by atoms with E-state index in [1.165, 1.54) is 0 Å². The molecule has 0 aliphatic rings. The average molecular weight is 334 g/mol. The molecule has 0 amide bonds. The van der Waals surface area contributed by atoms with Crippen molar-refractivity contribution in [2.24, 2.45) is 5.73 Å². The number of aromatic nitrogens is 1. The van der Waals surface area contributed by atoms with Crippen LogP contribution in [0.4, 0.5) is 0 Å². The molecule has 90 valence electrons. The Labute approximate surface area is 117 Å². The van der Waals surface area contributed by atoms with Crippen molar-refractivity contribution in [1.29, 1.82) is 0 Å². The Morgan fingerprint density at radius 2 is 2.29 bits per heavy atom. The van der Waals surface area contributed by atoms with Crippen LogP contribution in [0.5, 0.6) is 5.75 Å². The van der Waals surface area contributed by atoms with E-state index in [1.807, 2.05) is 18.2 Å². The lowest BCUT2D eigenvalue weighted by Gasteiger charge is -2.04. The fraction of sp³-hybridized carbons (Fsp3) is 0.182. The van der Waals surface area contributed by atoms with Crippen molar-refractivity contribution < 1.29 is 4.74 Å². The molecule has 0 spiro atoms. The lowest BCUT2D eigenvalue weighted by molar-refractivity contribution is 0.415. The fourth-order valence-corrected chi connectivity index (χ4v) is 3.31. The molecular formula is C11H10BrClN2OS. The minimum absolute atomic E-state index is 0.438. The Bertz CT molecular complexity index is 544. The molecule has 0 atom stereocenters. The first kappa shape index (κ1) is 12.8. The zero-order valence-corrected chi connectivity index (χ0v) is 12.2. The highest BCUT2D eigenvalue weighted by atomic mass is 79.9. The maximum atomic E-state index is 6.09. The van der Waals surface area contributed by atoms with Crippen molar-refractivity contribution in [1.82, 2.24) is 4.98 Å². The number of hydrogen-bond donors (Lipinski definition) is 1. The zero-order valence-electron chi connectivity index (χ0n) is 9.04. The molecule has 0 aliphatic heterocycles. The summed E-state index contributed by atoms with van der Waals surface area (Å²) in [6.45, 7) is 0.438. The van der Waals surface area contributed by atoms with Crippen LogP contribution in [0.2, 0.25) is 5.02 Å². The molecule has 3 nitrogen and oxygen atoms in total. The third-order valence-corrected chi connectivity index (χ3v) is 4.48. The van der Waals surface area contributed by atoms with Gasteiger partial charge in [0.2, 0.25) is 0 Å². The maximum absolute atomic E-state index is 6.09. The van der Waals surface area contributed by atoms with Gasteiger partial charge in [0.1, 0.15) is 15.4 Å².